The van der Waals surface area contributed by atoms with E-state index in [9.17, 15) is 0 Å². The van der Waals surface area contributed by atoms with Crippen molar-refractivity contribution in [3.8, 4) is 12.3 Å². The molecule has 0 saturated carbocycles. The van der Waals surface area contributed by atoms with Crippen molar-refractivity contribution in [2.45, 2.75) is 13.0 Å². The van der Waals surface area contributed by atoms with Crippen LogP contribution in [0.5, 0.6) is 0 Å². The second-order valence-corrected chi connectivity index (χ2v) is 1.18. The van der Waals surface area contributed by atoms with Gasteiger partial charge < -0.3 is 5.32 Å². The van der Waals surface area contributed by atoms with Gasteiger partial charge in [0.15, 0.2) is 0 Å². The van der Waals surface area contributed by atoms with E-state index < -0.39 is 0 Å². The number of hydrogen-bond donors (Lipinski definition) is 1. The van der Waals surface area contributed by atoms with Gasteiger partial charge in [0.25, 0.3) is 0 Å². The summed E-state index contributed by atoms with van der Waals surface area (Å²) in [6.07, 6.45) is 4.97. The minimum atomic E-state index is 0.213. The van der Waals surface area contributed by atoms with E-state index in [4.69, 9.17) is 6.42 Å². The molecule has 1 heteroatoms. The van der Waals surface area contributed by atoms with Crippen LogP contribution < -0.4 is 5.32 Å². The molecular weight excluding hydrogens is 74.1 g/mol. The van der Waals surface area contributed by atoms with E-state index >= 15 is 0 Å². The normalized spacial score (nSPS) is 12.8. The fraction of sp³-hybridized carbons (Fsp3) is 0.600. The average molecular weight is 83.1 g/mol. The maximum atomic E-state index is 4.97. The number of nitrogens with one attached hydrogen (secondary N) is 1. The van der Waals surface area contributed by atoms with E-state index in [-0.39, 0.29) is 6.04 Å². The van der Waals surface area contributed by atoms with Crippen molar-refractivity contribution >= 4 is 0 Å². The highest BCUT2D eigenvalue weighted by molar-refractivity contribution is 4.94. The molecule has 0 aromatic carbocycles. The third-order valence-electron chi connectivity index (χ3n) is 0.683. The van der Waals surface area contributed by atoms with E-state index in [1.807, 2.05) is 14.0 Å². The van der Waals surface area contributed by atoms with Crippen LogP contribution in [0.3, 0.4) is 0 Å². The van der Waals surface area contributed by atoms with E-state index in [1.165, 1.54) is 0 Å². The molecule has 0 spiro atoms. The van der Waals surface area contributed by atoms with Gasteiger partial charge in [-0.15, -0.1) is 6.42 Å². The van der Waals surface area contributed by atoms with Crippen LogP contribution in [0.1, 0.15) is 6.92 Å². The molecular formula is C5H9N. The van der Waals surface area contributed by atoms with Crippen molar-refractivity contribution in [3.63, 3.8) is 0 Å². The minimum absolute atomic E-state index is 0.213. The first-order valence-corrected chi connectivity index (χ1v) is 1.94. The zero-order valence-corrected chi connectivity index (χ0v) is 4.15. The molecule has 0 amide bonds. The van der Waals surface area contributed by atoms with Crippen LogP contribution in [0.25, 0.3) is 0 Å². The fourth-order valence-electron chi connectivity index (χ4n) is 0.0833. The number of hydrogen-bond acceptors (Lipinski definition) is 1. The zero-order chi connectivity index (χ0) is 4.99. The topological polar surface area (TPSA) is 12.0 Å². The van der Waals surface area contributed by atoms with Gasteiger partial charge in [-0.1, -0.05) is 5.92 Å². The van der Waals surface area contributed by atoms with Gasteiger partial charge in [-0.2, -0.15) is 0 Å². The molecule has 0 aliphatic rings. The summed E-state index contributed by atoms with van der Waals surface area (Å²) in [5, 5.41) is 2.88. The van der Waals surface area contributed by atoms with Gasteiger partial charge in [-0.05, 0) is 14.0 Å². The van der Waals surface area contributed by atoms with Crippen molar-refractivity contribution < 1.29 is 0 Å². The lowest BCUT2D eigenvalue weighted by Gasteiger charge is -1.95. The first-order valence-electron chi connectivity index (χ1n) is 1.94. The van der Waals surface area contributed by atoms with Crippen LogP contribution >= 0.6 is 0 Å². The molecule has 0 unspecified atom stereocenters. The monoisotopic (exact) mass is 83.1 g/mol. The Bertz CT molecular complexity index is 60.8. The summed E-state index contributed by atoms with van der Waals surface area (Å²) < 4.78 is 0. The van der Waals surface area contributed by atoms with Gasteiger partial charge in [0, 0.05) is 0 Å². The second-order valence-electron chi connectivity index (χ2n) is 1.18. The van der Waals surface area contributed by atoms with E-state index in [0.29, 0.717) is 0 Å². The molecule has 1 nitrogen and oxygen atoms in total. The summed E-state index contributed by atoms with van der Waals surface area (Å²) in [6, 6.07) is 0.213. The van der Waals surface area contributed by atoms with Gasteiger partial charge in [0.1, 0.15) is 0 Å². The minimum Gasteiger partial charge on any atom is -0.307 e. The van der Waals surface area contributed by atoms with Crippen molar-refractivity contribution in [1.29, 1.82) is 0 Å². The number of rotatable bonds is 1. The Morgan fingerprint density at radius 3 is 2.33 bits per heavy atom. The summed E-state index contributed by atoms with van der Waals surface area (Å²) >= 11 is 0. The van der Waals surface area contributed by atoms with Crippen molar-refractivity contribution in [3.05, 3.63) is 0 Å². The van der Waals surface area contributed by atoms with Gasteiger partial charge in [0.05, 0.1) is 6.04 Å². The molecule has 0 heterocycles. The Morgan fingerprint density at radius 1 is 1.83 bits per heavy atom. The summed E-state index contributed by atoms with van der Waals surface area (Å²) in [5.74, 6) is 2.50. The third kappa shape index (κ3) is 1.80. The highest BCUT2D eigenvalue weighted by atomic mass is 14.8. The summed E-state index contributed by atoms with van der Waals surface area (Å²) in [7, 11) is 1.84. The van der Waals surface area contributed by atoms with Gasteiger partial charge in [-0.3, -0.25) is 0 Å². The molecule has 0 rings (SSSR count). The lowest BCUT2D eigenvalue weighted by Crippen LogP contribution is -2.17. The second kappa shape index (κ2) is 2.74. The quantitative estimate of drug-likeness (QED) is 0.447. The molecule has 1 atom stereocenters. The van der Waals surface area contributed by atoms with E-state index in [0.717, 1.165) is 0 Å². The maximum absolute atomic E-state index is 4.97. The van der Waals surface area contributed by atoms with Gasteiger partial charge >= 0.3 is 0 Å². The Balaban J connectivity index is 3.04. The largest absolute Gasteiger partial charge is 0.307 e. The highest BCUT2D eigenvalue weighted by Gasteiger charge is 1.82. The summed E-state index contributed by atoms with van der Waals surface area (Å²) in [4.78, 5) is 0. The SMILES string of the molecule is C#C[C@H](C)NC. The highest BCUT2D eigenvalue weighted by Crippen LogP contribution is 1.67. The summed E-state index contributed by atoms with van der Waals surface area (Å²) in [5.41, 5.74) is 0. The van der Waals surface area contributed by atoms with Crippen molar-refractivity contribution in [2.24, 2.45) is 0 Å². The molecule has 0 aromatic heterocycles. The smallest absolute Gasteiger partial charge is 0.0655 e. The van der Waals surface area contributed by atoms with E-state index in [1.54, 1.807) is 0 Å². The van der Waals surface area contributed by atoms with E-state index in [2.05, 4.69) is 11.2 Å². The molecule has 6 heavy (non-hydrogen) atoms. The zero-order valence-electron chi connectivity index (χ0n) is 4.15. The van der Waals surface area contributed by atoms with Crippen LogP contribution in [0.2, 0.25) is 0 Å². The molecule has 0 aliphatic carbocycles. The predicted molar refractivity (Wildman–Crippen MR) is 27.4 cm³/mol. The predicted octanol–water partition coefficient (Wildman–Crippen LogP) is 0.227. The Labute approximate surface area is 38.7 Å². The van der Waals surface area contributed by atoms with Crippen LogP contribution in [0, 0.1) is 12.3 Å². The van der Waals surface area contributed by atoms with Crippen LogP contribution in [0.4, 0.5) is 0 Å². The van der Waals surface area contributed by atoms with Crippen LogP contribution in [-0.2, 0) is 0 Å². The summed E-state index contributed by atoms with van der Waals surface area (Å²) in [6.45, 7) is 1.93. The maximum Gasteiger partial charge on any atom is 0.0655 e. The van der Waals surface area contributed by atoms with Gasteiger partial charge in [-0.25, -0.2) is 0 Å². The Hall–Kier alpha value is -0.480. The van der Waals surface area contributed by atoms with Crippen LogP contribution in [0.15, 0.2) is 0 Å². The molecule has 0 bridgehead atoms. The van der Waals surface area contributed by atoms with Crippen molar-refractivity contribution in [1.82, 2.24) is 5.32 Å². The molecule has 0 aromatic rings. The Kier molecular flexibility index (Phi) is 2.52. The molecule has 0 radical (unpaired) electrons. The fourth-order valence-corrected chi connectivity index (χ4v) is 0.0833. The van der Waals surface area contributed by atoms with Gasteiger partial charge in [0.2, 0.25) is 0 Å². The van der Waals surface area contributed by atoms with Crippen LogP contribution in [-0.4, -0.2) is 13.1 Å². The average Bonchev–Trinajstić information content (AvgIpc) is 1.65. The molecule has 0 saturated heterocycles. The molecule has 0 aliphatic heterocycles. The lowest BCUT2D eigenvalue weighted by atomic mass is 10.4. The third-order valence-corrected chi connectivity index (χ3v) is 0.683. The molecule has 0 fully saturated rings. The molecule has 1 N–H and O–H groups in total. The van der Waals surface area contributed by atoms with Crippen molar-refractivity contribution in [2.75, 3.05) is 7.05 Å². The molecule has 34 valence electrons. The first kappa shape index (κ1) is 5.52. The standard InChI is InChI=1S/C5H9N/c1-4-5(2)6-3/h1,5-6H,2-3H3/t5-/m0/s1. The lowest BCUT2D eigenvalue weighted by molar-refractivity contribution is 0.750. The first-order chi connectivity index (χ1) is 2.81. The Morgan fingerprint density at radius 2 is 2.33 bits per heavy atom. The number of terminal acetylenes is 1.